The number of fused-ring (bicyclic) bond motifs is 5. The number of aryl methyl sites for hydroxylation is 1. The van der Waals surface area contributed by atoms with Gasteiger partial charge in [-0.2, -0.15) is 0 Å². The van der Waals surface area contributed by atoms with E-state index >= 15 is 0 Å². The minimum Gasteiger partial charge on any atom is -0.493 e. The second-order valence-electron chi connectivity index (χ2n) is 9.74. The highest BCUT2D eigenvalue weighted by Gasteiger charge is 2.23. The van der Waals surface area contributed by atoms with Gasteiger partial charge in [-0.05, 0) is 61.7 Å². The van der Waals surface area contributed by atoms with Crippen molar-refractivity contribution in [1.82, 2.24) is 14.7 Å². The molecule has 0 unspecified atom stereocenters. The zero-order chi connectivity index (χ0) is 27.8. The van der Waals surface area contributed by atoms with Gasteiger partial charge >= 0.3 is 0 Å². The zero-order valence-corrected chi connectivity index (χ0v) is 22.6. The van der Waals surface area contributed by atoms with Gasteiger partial charge in [0.25, 0.3) is 11.5 Å². The number of ether oxygens (including phenoxy) is 3. The van der Waals surface area contributed by atoms with Crippen LogP contribution in [0.5, 0.6) is 17.2 Å². The SMILES string of the molecule is COc1ccc2c(c1OC)c(=O)n1c3ccc(O[C@H](C)C(=O)NCCCc4ccccc4)cc3c3ccnc2c31. The van der Waals surface area contributed by atoms with Gasteiger partial charge in [0.05, 0.1) is 36.2 Å². The van der Waals surface area contributed by atoms with Crippen LogP contribution in [0.4, 0.5) is 0 Å². The monoisotopic (exact) mass is 535 g/mol. The topological polar surface area (TPSA) is 91.2 Å². The first-order valence-electron chi connectivity index (χ1n) is 13.2. The zero-order valence-electron chi connectivity index (χ0n) is 22.6. The van der Waals surface area contributed by atoms with E-state index in [2.05, 4.69) is 22.4 Å². The molecule has 3 aromatic heterocycles. The van der Waals surface area contributed by atoms with E-state index < -0.39 is 6.10 Å². The summed E-state index contributed by atoms with van der Waals surface area (Å²) in [7, 11) is 3.06. The number of hydrogen-bond donors (Lipinski definition) is 1. The quantitative estimate of drug-likeness (QED) is 0.204. The van der Waals surface area contributed by atoms with Crippen molar-refractivity contribution in [2.24, 2.45) is 0 Å². The molecule has 0 bridgehead atoms. The molecule has 1 amide bonds. The summed E-state index contributed by atoms with van der Waals surface area (Å²) in [6.45, 7) is 2.30. The number of methoxy groups -OCH3 is 2. The molecule has 3 aromatic carbocycles. The number of carbonyl (C=O) groups is 1. The van der Waals surface area contributed by atoms with Crippen LogP contribution in [0.25, 0.3) is 38.1 Å². The van der Waals surface area contributed by atoms with Crippen molar-refractivity contribution in [1.29, 1.82) is 0 Å². The third kappa shape index (κ3) is 4.22. The van der Waals surface area contributed by atoms with E-state index in [-0.39, 0.29) is 11.5 Å². The maximum absolute atomic E-state index is 13.9. The minimum absolute atomic E-state index is 0.174. The molecule has 1 atom stereocenters. The fourth-order valence-electron chi connectivity index (χ4n) is 5.42. The smallest absolute Gasteiger partial charge is 0.267 e. The lowest BCUT2D eigenvalue weighted by atomic mass is 10.1. The Morgan fingerprint density at radius 2 is 1.80 bits per heavy atom. The molecule has 3 heterocycles. The average Bonchev–Trinajstić information content (AvgIpc) is 3.32. The van der Waals surface area contributed by atoms with Gasteiger partial charge in [0, 0.05) is 28.9 Å². The first-order valence-corrected chi connectivity index (χ1v) is 13.2. The molecular weight excluding hydrogens is 506 g/mol. The Balaban J connectivity index is 1.32. The third-order valence-corrected chi connectivity index (χ3v) is 7.33. The van der Waals surface area contributed by atoms with E-state index in [1.54, 1.807) is 36.8 Å². The van der Waals surface area contributed by atoms with Gasteiger partial charge in [-0.1, -0.05) is 30.3 Å². The van der Waals surface area contributed by atoms with Gasteiger partial charge in [0.2, 0.25) is 0 Å². The lowest BCUT2D eigenvalue weighted by Gasteiger charge is -2.15. The van der Waals surface area contributed by atoms with Gasteiger partial charge in [-0.25, -0.2) is 0 Å². The van der Waals surface area contributed by atoms with Crippen molar-refractivity contribution in [3.8, 4) is 17.2 Å². The molecule has 0 saturated heterocycles. The number of pyridine rings is 2. The molecule has 0 radical (unpaired) electrons. The second-order valence-corrected chi connectivity index (χ2v) is 9.74. The number of nitrogens with zero attached hydrogens (tertiary/aromatic N) is 2. The van der Waals surface area contributed by atoms with Gasteiger partial charge < -0.3 is 19.5 Å². The Morgan fingerprint density at radius 1 is 0.975 bits per heavy atom. The molecule has 0 spiro atoms. The highest BCUT2D eigenvalue weighted by molar-refractivity contribution is 6.19. The molecule has 8 heteroatoms. The number of carbonyl (C=O) groups excluding carboxylic acids is 1. The first kappa shape index (κ1) is 25.4. The van der Waals surface area contributed by atoms with Gasteiger partial charge in [-0.3, -0.25) is 19.0 Å². The third-order valence-electron chi connectivity index (χ3n) is 7.33. The molecule has 6 rings (SSSR count). The van der Waals surface area contributed by atoms with E-state index in [1.807, 2.05) is 42.5 Å². The lowest BCUT2D eigenvalue weighted by molar-refractivity contribution is -0.127. The van der Waals surface area contributed by atoms with Gasteiger partial charge in [0.15, 0.2) is 17.6 Å². The van der Waals surface area contributed by atoms with Crippen LogP contribution >= 0.6 is 0 Å². The number of amides is 1. The fraction of sp³-hybridized carbons (Fsp3) is 0.219. The van der Waals surface area contributed by atoms with Crippen molar-refractivity contribution in [3.63, 3.8) is 0 Å². The van der Waals surface area contributed by atoms with E-state index in [9.17, 15) is 9.59 Å². The molecule has 0 aliphatic rings. The van der Waals surface area contributed by atoms with Crippen LogP contribution in [0.3, 0.4) is 0 Å². The second kappa shape index (κ2) is 10.4. The highest BCUT2D eigenvalue weighted by Crippen LogP contribution is 2.39. The Kier molecular flexibility index (Phi) is 6.59. The first-order chi connectivity index (χ1) is 19.5. The summed E-state index contributed by atoms with van der Waals surface area (Å²) in [5, 5.41) is 5.77. The van der Waals surface area contributed by atoms with E-state index in [1.165, 1.54) is 12.7 Å². The van der Waals surface area contributed by atoms with Crippen molar-refractivity contribution in [3.05, 3.63) is 88.8 Å². The number of rotatable bonds is 9. The van der Waals surface area contributed by atoms with Crippen molar-refractivity contribution >= 4 is 44.0 Å². The molecule has 0 saturated carbocycles. The number of hydrogen-bond acceptors (Lipinski definition) is 6. The Morgan fingerprint density at radius 3 is 2.58 bits per heavy atom. The number of benzene rings is 3. The van der Waals surface area contributed by atoms with Crippen molar-refractivity contribution in [2.75, 3.05) is 20.8 Å². The van der Waals surface area contributed by atoms with Crippen LogP contribution in [0.2, 0.25) is 0 Å². The van der Waals surface area contributed by atoms with Crippen LogP contribution in [-0.2, 0) is 11.2 Å². The lowest BCUT2D eigenvalue weighted by Crippen LogP contribution is -2.36. The molecule has 8 nitrogen and oxygen atoms in total. The Bertz CT molecular complexity index is 1920. The van der Waals surface area contributed by atoms with E-state index in [0.717, 1.165) is 34.6 Å². The number of aromatic nitrogens is 2. The predicted octanol–water partition coefficient (Wildman–Crippen LogP) is 5.13. The Labute approximate surface area is 230 Å². The summed E-state index contributed by atoms with van der Waals surface area (Å²) in [6, 6.07) is 21.2. The van der Waals surface area contributed by atoms with E-state index in [0.29, 0.717) is 40.1 Å². The number of nitrogens with one attached hydrogen (secondary N) is 1. The Hall–Kier alpha value is -4.85. The van der Waals surface area contributed by atoms with E-state index in [4.69, 9.17) is 14.2 Å². The van der Waals surface area contributed by atoms with Gasteiger partial charge in [-0.15, -0.1) is 0 Å². The standard InChI is InChI=1S/C32H29N3O5/c1-19(31(36)34-16-7-10-20-8-5-4-6-9-20)40-21-11-13-25-24(18-21)22-15-17-33-28-23-12-14-26(38-2)30(39-3)27(23)32(37)35(25)29(22)28/h4-6,8-9,11-15,17-19H,7,10,16H2,1-3H3,(H,34,36)/t19-/m1/s1. The maximum Gasteiger partial charge on any atom is 0.267 e. The molecule has 40 heavy (non-hydrogen) atoms. The van der Waals surface area contributed by atoms with Gasteiger partial charge in [0.1, 0.15) is 5.75 Å². The molecular formula is C32H29N3O5. The minimum atomic E-state index is -0.682. The molecule has 0 fully saturated rings. The predicted molar refractivity (Wildman–Crippen MR) is 156 cm³/mol. The molecule has 6 aromatic rings. The van der Waals surface area contributed by atoms with Crippen molar-refractivity contribution < 1.29 is 19.0 Å². The summed E-state index contributed by atoms with van der Waals surface area (Å²) in [6.07, 6.45) is 2.79. The fourth-order valence-corrected chi connectivity index (χ4v) is 5.42. The summed E-state index contributed by atoms with van der Waals surface area (Å²) in [5.41, 5.74) is 3.16. The van der Waals surface area contributed by atoms with Crippen molar-refractivity contribution in [2.45, 2.75) is 25.9 Å². The molecule has 1 N–H and O–H groups in total. The molecule has 0 aliphatic heterocycles. The van der Waals surface area contributed by atoms with Crippen LogP contribution < -0.4 is 25.1 Å². The highest BCUT2D eigenvalue weighted by atomic mass is 16.5. The largest absolute Gasteiger partial charge is 0.493 e. The summed E-state index contributed by atoms with van der Waals surface area (Å²) < 4.78 is 18.8. The summed E-state index contributed by atoms with van der Waals surface area (Å²) in [4.78, 5) is 31.2. The maximum atomic E-state index is 13.9. The molecule has 0 aliphatic carbocycles. The van der Waals surface area contributed by atoms with Crippen LogP contribution in [0.15, 0.2) is 77.7 Å². The van der Waals surface area contributed by atoms with Crippen LogP contribution in [0.1, 0.15) is 18.9 Å². The van der Waals surface area contributed by atoms with Crippen LogP contribution in [0, 0.1) is 0 Å². The summed E-state index contributed by atoms with van der Waals surface area (Å²) in [5.74, 6) is 1.22. The van der Waals surface area contributed by atoms with Crippen LogP contribution in [-0.4, -0.2) is 42.2 Å². The normalized spacial score (nSPS) is 12.3. The molecule has 202 valence electrons. The average molecular weight is 536 g/mol. The summed E-state index contributed by atoms with van der Waals surface area (Å²) >= 11 is 0.